The highest BCUT2D eigenvalue weighted by molar-refractivity contribution is 5.48. The lowest BCUT2D eigenvalue weighted by atomic mass is 9.97. The zero-order valence-corrected chi connectivity index (χ0v) is 15.2. The maximum Gasteiger partial charge on any atom is 0.167 e. The summed E-state index contributed by atoms with van der Waals surface area (Å²) in [7, 11) is 4.70. The average Bonchev–Trinajstić information content (AvgIpc) is 3.13. The third-order valence-electron chi connectivity index (χ3n) is 4.90. The molecule has 0 amide bonds. The summed E-state index contributed by atoms with van der Waals surface area (Å²) < 4.78 is 43.9. The molecule has 0 radical (unpaired) electrons. The van der Waals surface area contributed by atoms with E-state index in [9.17, 15) is 8.78 Å². The van der Waals surface area contributed by atoms with Gasteiger partial charge in [-0.3, -0.25) is 4.90 Å². The molecule has 3 rings (SSSR count). The Bertz CT molecular complexity index is 782. The Morgan fingerprint density at radius 3 is 2.46 bits per heavy atom. The zero-order chi connectivity index (χ0) is 18.7. The van der Waals surface area contributed by atoms with Crippen molar-refractivity contribution in [3.8, 4) is 17.2 Å². The van der Waals surface area contributed by atoms with Crippen molar-refractivity contribution in [1.82, 2.24) is 4.90 Å². The van der Waals surface area contributed by atoms with E-state index in [0.29, 0.717) is 18.0 Å². The van der Waals surface area contributed by atoms with Crippen molar-refractivity contribution < 1.29 is 23.0 Å². The fourth-order valence-electron chi connectivity index (χ4n) is 3.60. The predicted octanol–water partition coefficient (Wildman–Crippen LogP) is 3.98. The van der Waals surface area contributed by atoms with Crippen LogP contribution in [0.25, 0.3) is 0 Å². The molecule has 2 aromatic rings. The topological polar surface area (TPSA) is 30.9 Å². The zero-order valence-electron chi connectivity index (χ0n) is 15.2. The molecule has 6 heteroatoms. The summed E-state index contributed by atoms with van der Waals surface area (Å²) in [5.41, 5.74) is 1.33. The van der Waals surface area contributed by atoms with Gasteiger partial charge in [-0.1, -0.05) is 12.1 Å². The molecule has 1 aliphatic heterocycles. The van der Waals surface area contributed by atoms with E-state index in [1.54, 1.807) is 14.2 Å². The lowest BCUT2D eigenvalue weighted by Crippen LogP contribution is -2.21. The van der Waals surface area contributed by atoms with Crippen LogP contribution in [-0.4, -0.2) is 39.3 Å². The molecular weight excluding hydrogens is 340 g/mol. The smallest absolute Gasteiger partial charge is 0.167 e. The largest absolute Gasteiger partial charge is 0.496 e. The van der Waals surface area contributed by atoms with Crippen LogP contribution in [0.2, 0.25) is 0 Å². The van der Waals surface area contributed by atoms with Crippen LogP contribution >= 0.6 is 0 Å². The molecule has 1 unspecified atom stereocenters. The first-order valence-corrected chi connectivity index (χ1v) is 8.53. The Kier molecular flexibility index (Phi) is 5.61. The van der Waals surface area contributed by atoms with Crippen molar-refractivity contribution in [3.05, 3.63) is 53.1 Å². The van der Waals surface area contributed by atoms with Gasteiger partial charge in [0.2, 0.25) is 0 Å². The standard InChI is InChI=1S/C20H23F2NO3/c1-24-17-8-7-16(21)19(22)15(17)12-23-10-9-13(11-23)14-5-4-6-18(25-2)20(14)26-3/h4-8,13H,9-12H2,1-3H3. The summed E-state index contributed by atoms with van der Waals surface area (Å²) in [6.07, 6.45) is 0.906. The lowest BCUT2D eigenvalue weighted by Gasteiger charge is -2.20. The molecule has 1 heterocycles. The fourth-order valence-corrected chi connectivity index (χ4v) is 3.60. The number of ether oxygens (including phenoxy) is 3. The quantitative estimate of drug-likeness (QED) is 0.777. The molecule has 0 bridgehead atoms. The minimum atomic E-state index is -0.856. The number of benzene rings is 2. The molecule has 4 nitrogen and oxygen atoms in total. The molecule has 1 aliphatic rings. The van der Waals surface area contributed by atoms with E-state index in [1.165, 1.54) is 13.2 Å². The molecule has 140 valence electrons. The number of halogens is 2. The van der Waals surface area contributed by atoms with Gasteiger partial charge in [0.25, 0.3) is 0 Å². The number of methoxy groups -OCH3 is 3. The van der Waals surface area contributed by atoms with E-state index in [1.807, 2.05) is 18.2 Å². The van der Waals surface area contributed by atoms with Crippen LogP contribution in [-0.2, 0) is 6.54 Å². The molecule has 1 atom stereocenters. The first kappa shape index (κ1) is 18.5. The number of para-hydroxylation sites is 1. The van der Waals surface area contributed by atoms with Crippen LogP contribution in [0.3, 0.4) is 0 Å². The summed E-state index contributed by atoms with van der Waals surface area (Å²) >= 11 is 0. The van der Waals surface area contributed by atoms with E-state index in [4.69, 9.17) is 14.2 Å². The molecule has 2 aromatic carbocycles. The second-order valence-corrected chi connectivity index (χ2v) is 6.35. The van der Waals surface area contributed by atoms with Crippen LogP contribution < -0.4 is 14.2 Å². The Labute approximate surface area is 152 Å². The van der Waals surface area contributed by atoms with Gasteiger partial charge in [0, 0.05) is 30.1 Å². The summed E-state index contributed by atoms with van der Waals surface area (Å²) in [5, 5.41) is 0. The second-order valence-electron chi connectivity index (χ2n) is 6.35. The van der Waals surface area contributed by atoms with Gasteiger partial charge in [-0.05, 0) is 31.2 Å². The van der Waals surface area contributed by atoms with Crippen LogP contribution in [0.1, 0.15) is 23.5 Å². The maximum absolute atomic E-state index is 14.2. The van der Waals surface area contributed by atoms with Gasteiger partial charge in [-0.15, -0.1) is 0 Å². The van der Waals surface area contributed by atoms with Crippen LogP contribution in [0.5, 0.6) is 17.2 Å². The third kappa shape index (κ3) is 3.46. The molecule has 26 heavy (non-hydrogen) atoms. The molecule has 0 aliphatic carbocycles. The highest BCUT2D eigenvalue weighted by atomic mass is 19.2. The highest BCUT2D eigenvalue weighted by Gasteiger charge is 2.29. The van der Waals surface area contributed by atoms with Gasteiger partial charge >= 0.3 is 0 Å². The van der Waals surface area contributed by atoms with Crippen LogP contribution in [0, 0.1) is 11.6 Å². The summed E-state index contributed by atoms with van der Waals surface area (Å²) in [5.74, 6) is 0.337. The van der Waals surface area contributed by atoms with Gasteiger partial charge in [-0.2, -0.15) is 0 Å². The van der Waals surface area contributed by atoms with E-state index < -0.39 is 11.6 Å². The number of likely N-dealkylation sites (tertiary alicyclic amines) is 1. The predicted molar refractivity (Wildman–Crippen MR) is 95.1 cm³/mol. The van der Waals surface area contributed by atoms with Crippen molar-refractivity contribution in [3.63, 3.8) is 0 Å². The second kappa shape index (κ2) is 7.91. The molecule has 0 saturated carbocycles. The Morgan fingerprint density at radius 1 is 1.00 bits per heavy atom. The van der Waals surface area contributed by atoms with E-state index in [2.05, 4.69) is 4.90 Å². The minimum absolute atomic E-state index is 0.239. The van der Waals surface area contributed by atoms with Gasteiger partial charge in [0.1, 0.15) is 5.75 Å². The minimum Gasteiger partial charge on any atom is -0.496 e. The van der Waals surface area contributed by atoms with Crippen LogP contribution in [0.15, 0.2) is 30.3 Å². The molecule has 1 saturated heterocycles. The van der Waals surface area contributed by atoms with Gasteiger partial charge in [0.15, 0.2) is 23.1 Å². The summed E-state index contributed by atoms with van der Waals surface area (Å²) in [6, 6.07) is 8.38. The monoisotopic (exact) mass is 363 g/mol. The fraction of sp³-hybridized carbons (Fsp3) is 0.400. The number of hydrogen-bond acceptors (Lipinski definition) is 4. The highest BCUT2D eigenvalue weighted by Crippen LogP contribution is 2.39. The van der Waals surface area contributed by atoms with Crippen molar-refractivity contribution >= 4 is 0 Å². The van der Waals surface area contributed by atoms with Crippen molar-refractivity contribution in [2.24, 2.45) is 0 Å². The summed E-state index contributed by atoms with van der Waals surface area (Å²) in [4.78, 5) is 2.10. The van der Waals surface area contributed by atoms with E-state index in [0.717, 1.165) is 36.9 Å². The van der Waals surface area contributed by atoms with E-state index >= 15 is 0 Å². The maximum atomic E-state index is 14.2. The molecule has 0 N–H and O–H groups in total. The van der Waals surface area contributed by atoms with Gasteiger partial charge in [-0.25, -0.2) is 8.78 Å². The average molecular weight is 363 g/mol. The molecule has 0 aromatic heterocycles. The third-order valence-corrected chi connectivity index (χ3v) is 4.90. The first-order chi connectivity index (χ1) is 12.6. The van der Waals surface area contributed by atoms with Gasteiger partial charge in [0.05, 0.1) is 21.3 Å². The van der Waals surface area contributed by atoms with Crippen molar-refractivity contribution in [2.75, 3.05) is 34.4 Å². The first-order valence-electron chi connectivity index (χ1n) is 8.53. The Balaban J connectivity index is 1.80. The van der Waals surface area contributed by atoms with E-state index in [-0.39, 0.29) is 11.5 Å². The van der Waals surface area contributed by atoms with Crippen LogP contribution in [0.4, 0.5) is 8.78 Å². The Hall–Kier alpha value is -2.34. The Morgan fingerprint density at radius 2 is 1.77 bits per heavy atom. The molecule has 1 fully saturated rings. The molecular formula is C20H23F2NO3. The number of hydrogen-bond donors (Lipinski definition) is 0. The van der Waals surface area contributed by atoms with Gasteiger partial charge < -0.3 is 14.2 Å². The number of rotatable bonds is 6. The lowest BCUT2D eigenvalue weighted by molar-refractivity contribution is 0.305. The SMILES string of the molecule is COc1ccc(F)c(F)c1CN1CCC(c2cccc(OC)c2OC)C1. The molecule has 0 spiro atoms. The normalized spacial score (nSPS) is 17.3. The number of nitrogens with zero attached hydrogens (tertiary/aromatic N) is 1. The summed E-state index contributed by atoms with van der Waals surface area (Å²) in [6.45, 7) is 1.81. The van der Waals surface area contributed by atoms with Crippen molar-refractivity contribution in [1.29, 1.82) is 0 Å². The van der Waals surface area contributed by atoms with Crippen molar-refractivity contribution in [2.45, 2.75) is 18.9 Å².